The average molecular weight is 357 g/mol. The number of anilines is 1. The first-order chi connectivity index (χ1) is 12.2. The number of rotatable bonds is 7. The monoisotopic (exact) mass is 357 g/mol. The van der Waals surface area contributed by atoms with Crippen LogP contribution in [0, 0.1) is 5.82 Å². The van der Waals surface area contributed by atoms with Crippen molar-refractivity contribution in [3.05, 3.63) is 59.9 Å². The molecule has 0 N–H and O–H groups in total. The summed E-state index contributed by atoms with van der Waals surface area (Å²) in [6.07, 6.45) is 0. The van der Waals surface area contributed by atoms with Crippen LogP contribution in [-0.2, 0) is 5.75 Å². The van der Waals surface area contributed by atoms with Crippen molar-refractivity contribution in [2.45, 2.75) is 24.8 Å². The summed E-state index contributed by atoms with van der Waals surface area (Å²) in [6.45, 7) is 6.20. The van der Waals surface area contributed by atoms with Crippen LogP contribution >= 0.6 is 11.8 Å². The Balaban J connectivity index is 1.68. The topological polar surface area (TPSA) is 42.2 Å². The van der Waals surface area contributed by atoms with Crippen LogP contribution in [0.4, 0.5) is 10.1 Å². The lowest BCUT2D eigenvalue weighted by molar-refractivity contribution is 0.465. The zero-order chi connectivity index (χ0) is 17.6. The quantitative estimate of drug-likeness (QED) is 0.556. The highest BCUT2D eigenvalue weighted by atomic mass is 32.2. The normalized spacial score (nSPS) is 10.8. The van der Waals surface area contributed by atoms with Crippen molar-refractivity contribution in [3.63, 3.8) is 0 Å². The predicted octanol–water partition coefficient (Wildman–Crippen LogP) is 5.01. The molecule has 2 aromatic carbocycles. The van der Waals surface area contributed by atoms with Crippen LogP contribution in [0.2, 0.25) is 0 Å². The first-order valence-corrected chi connectivity index (χ1v) is 9.25. The fraction of sp³-hybridized carbons (Fsp3) is 0.263. The number of aromatic nitrogens is 2. The molecule has 0 aliphatic rings. The van der Waals surface area contributed by atoms with Gasteiger partial charge in [0.25, 0.3) is 5.22 Å². The van der Waals surface area contributed by atoms with Crippen LogP contribution < -0.4 is 4.90 Å². The van der Waals surface area contributed by atoms with Gasteiger partial charge >= 0.3 is 0 Å². The largest absolute Gasteiger partial charge is 0.411 e. The molecule has 6 heteroatoms. The van der Waals surface area contributed by atoms with Crippen LogP contribution in [0.5, 0.6) is 0 Å². The van der Waals surface area contributed by atoms with Gasteiger partial charge in [-0.15, -0.1) is 10.2 Å². The number of nitrogens with zero attached hydrogens (tertiary/aromatic N) is 3. The van der Waals surface area contributed by atoms with Crippen LogP contribution in [-0.4, -0.2) is 23.3 Å². The third-order valence-electron chi connectivity index (χ3n) is 3.96. The van der Waals surface area contributed by atoms with E-state index >= 15 is 0 Å². The van der Waals surface area contributed by atoms with E-state index < -0.39 is 0 Å². The number of hydrogen-bond acceptors (Lipinski definition) is 5. The van der Waals surface area contributed by atoms with Gasteiger partial charge in [0.05, 0.1) is 0 Å². The van der Waals surface area contributed by atoms with Crippen molar-refractivity contribution >= 4 is 17.4 Å². The van der Waals surface area contributed by atoms with E-state index in [-0.39, 0.29) is 5.82 Å². The molecule has 0 aliphatic heterocycles. The summed E-state index contributed by atoms with van der Waals surface area (Å²) in [7, 11) is 0. The molecule has 1 aromatic heterocycles. The maximum atomic E-state index is 13.6. The molecule has 0 bridgehead atoms. The predicted molar refractivity (Wildman–Crippen MR) is 99.3 cm³/mol. The highest BCUT2D eigenvalue weighted by Crippen LogP contribution is 2.27. The third-order valence-corrected chi connectivity index (χ3v) is 4.83. The first-order valence-electron chi connectivity index (χ1n) is 8.26. The van der Waals surface area contributed by atoms with Gasteiger partial charge < -0.3 is 9.32 Å². The van der Waals surface area contributed by atoms with Gasteiger partial charge in [0.2, 0.25) is 5.89 Å². The van der Waals surface area contributed by atoms with Gasteiger partial charge in [-0.2, -0.15) is 0 Å². The molecule has 3 rings (SSSR count). The molecule has 4 nitrogen and oxygen atoms in total. The van der Waals surface area contributed by atoms with Crippen molar-refractivity contribution in [2.24, 2.45) is 0 Å². The Morgan fingerprint density at radius 2 is 1.72 bits per heavy atom. The van der Waals surface area contributed by atoms with Crippen molar-refractivity contribution in [3.8, 4) is 11.5 Å². The van der Waals surface area contributed by atoms with Gasteiger partial charge in [0, 0.05) is 30.1 Å². The highest BCUT2D eigenvalue weighted by molar-refractivity contribution is 7.98. The molecule has 25 heavy (non-hydrogen) atoms. The molecule has 0 amide bonds. The van der Waals surface area contributed by atoms with E-state index in [2.05, 4.69) is 41.1 Å². The Morgan fingerprint density at radius 1 is 1.00 bits per heavy atom. The van der Waals surface area contributed by atoms with E-state index in [1.54, 1.807) is 12.1 Å². The second-order valence-electron chi connectivity index (χ2n) is 5.47. The number of benzene rings is 2. The molecular weight excluding hydrogens is 337 g/mol. The average Bonchev–Trinajstić information content (AvgIpc) is 3.12. The number of hydrogen-bond donors (Lipinski definition) is 0. The summed E-state index contributed by atoms with van der Waals surface area (Å²) >= 11 is 1.33. The summed E-state index contributed by atoms with van der Waals surface area (Å²) in [4.78, 5) is 2.27. The molecule has 0 saturated carbocycles. The summed E-state index contributed by atoms with van der Waals surface area (Å²) in [5.74, 6) is 0.707. The SMILES string of the molecule is CCN(CC)c1ccc(-c2nnc(SCc3ccccc3F)o2)cc1. The van der Waals surface area contributed by atoms with Gasteiger partial charge in [-0.25, -0.2) is 4.39 Å². The number of halogens is 1. The second kappa shape index (κ2) is 8.16. The lowest BCUT2D eigenvalue weighted by Gasteiger charge is -2.20. The van der Waals surface area contributed by atoms with E-state index in [0.717, 1.165) is 18.7 Å². The Bertz CT molecular complexity index is 816. The van der Waals surface area contributed by atoms with Gasteiger partial charge in [-0.1, -0.05) is 30.0 Å². The van der Waals surface area contributed by atoms with E-state index in [4.69, 9.17) is 4.42 Å². The highest BCUT2D eigenvalue weighted by Gasteiger charge is 2.11. The smallest absolute Gasteiger partial charge is 0.277 e. The summed E-state index contributed by atoms with van der Waals surface area (Å²) < 4.78 is 19.3. The molecule has 0 fully saturated rings. The van der Waals surface area contributed by atoms with Crippen LogP contribution in [0.1, 0.15) is 19.4 Å². The fourth-order valence-corrected chi connectivity index (χ4v) is 3.29. The Morgan fingerprint density at radius 3 is 2.40 bits per heavy atom. The minimum atomic E-state index is -0.221. The molecule has 0 radical (unpaired) electrons. The molecule has 1 heterocycles. The maximum absolute atomic E-state index is 13.6. The standard InChI is InChI=1S/C19H20FN3OS/c1-3-23(4-2)16-11-9-14(10-12-16)18-21-22-19(24-18)25-13-15-7-5-6-8-17(15)20/h5-12H,3-4,13H2,1-2H3. The van der Waals surface area contributed by atoms with Crippen molar-refractivity contribution in [1.82, 2.24) is 10.2 Å². The van der Waals surface area contributed by atoms with Crippen molar-refractivity contribution in [1.29, 1.82) is 0 Å². The Kier molecular flexibility index (Phi) is 5.71. The summed E-state index contributed by atoms with van der Waals surface area (Å²) in [6, 6.07) is 14.8. The minimum absolute atomic E-state index is 0.221. The number of thioether (sulfide) groups is 1. The molecular formula is C19H20FN3OS. The minimum Gasteiger partial charge on any atom is -0.411 e. The molecule has 0 unspecified atom stereocenters. The summed E-state index contributed by atoms with van der Waals surface area (Å²) in [5, 5.41) is 8.57. The first kappa shape index (κ1) is 17.5. The zero-order valence-corrected chi connectivity index (χ0v) is 15.1. The van der Waals surface area contributed by atoms with Crippen LogP contribution in [0.25, 0.3) is 11.5 Å². The Labute approximate surface area is 151 Å². The second-order valence-corrected chi connectivity index (χ2v) is 6.40. The summed E-state index contributed by atoms with van der Waals surface area (Å²) in [5.41, 5.74) is 2.67. The van der Waals surface area contributed by atoms with E-state index in [1.807, 2.05) is 18.2 Å². The molecule has 3 aromatic rings. The molecule has 0 saturated heterocycles. The van der Waals surface area contributed by atoms with Crippen molar-refractivity contribution in [2.75, 3.05) is 18.0 Å². The third kappa shape index (κ3) is 4.20. The molecule has 0 spiro atoms. The van der Waals surface area contributed by atoms with Gasteiger partial charge in [-0.3, -0.25) is 0 Å². The van der Waals surface area contributed by atoms with Crippen LogP contribution in [0.15, 0.2) is 58.2 Å². The zero-order valence-electron chi connectivity index (χ0n) is 14.3. The lowest BCUT2D eigenvalue weighted by Crippen LogP contribution is -2.21. The lowest BCUT2D eigenvalue weighted by atomic mass is 10.2. The van der Waals surface area contributed by atoms with Gasteiger partial charge in [0.15, 0.2) is 0 Å². The van der Waals surface area contributed by atoms with Gasteiger partial charge in [0.1, 0.15) is 5.82 Å². The van der Waals surface area contributed by atoms with Gasteiger partial charge in [-0.05, 0) is 49.7 Å². The maximum Gasteiger partial charge on any atom is 0.277 e. The molecule has 0 atom stereocenters. The van der Waals surface area contributed by atoms with Crippen LogP contribution in [0.3, 0.4) is 0 Å². The molecule has 130 valence electrons. The van der Waals surface area contributed by atoms with Crippen molar-refractivity contribution < 1.29 is 8.81 Å². The fourth-order valence-electron chi connectivity index (χ4n) is 2.54. The molecule has 0 aliphatic carbocycles. The Hall–Kier alpha value is -2.34. The van der Waals surface area contributed by atoms with E-state index in [1.165, 1.54) is 23.5 Å². The van der Waals surface area contributed by atoms with E-state index in [0.29, 0.717) is 22.4 Å². The van der Waals surface area contributed by atoms with E-state index in [9.17, 15) is 4.39 Å².